The minimum Gasteiger partial charge on any atom is -0.478 e. The average molecular weight is 338 g/mol. The van der Waals surface area contributed by atoms with Gasteiger partial charge >= 0.3 is 5.97 Å². The number of pyridine rings is 1. The molecular formula is C18H18N4O3. The van der Waals surface area contributed by atoms with Gasteiger partial charge in [0.2, 0.25) is 0 Å². The van der Waals surface area contributed by atoms with Gasteiger partial charge in [0.25, 0.3) is 0 Å². The molecule has 0 radical (unpaired) electrons. The number of aromatic carboxylic acids is 1. The molecule has 3 aromatic rings. The molecule has 25 heavy (non-hydrogen) atoms. The number of benzene rings is 1. The lowest BCUT2D eigenvalue weighted by Gasteiger charge is -2.02. The summed E-state index contributed by atoms with van der Waals surface area (Å²) in [7, 11) is 0. The highest BCUT2D eigenvalue weighted by atomic mass is 16.4. The van der Waals surface area contributed by atoms with Gasteiger partial charge in [0.1, 0.15) is 5.65 Å². The lowest BCUT2D eigenvalue weighted by Crippen LogP contribution is -1.94. The number of imidazole rings is 1. The largest absolute Gasteiger partial charge is 0.478 e. The summed E-state index contributed by atoms with van der Waals surface area (Å²) < 4.78 is 1.82. The molecule has 0 bridgehead atoms. The van der Waals surface area contributed by atoms with E-state index in [0.717, 1.165) is 11.3 Å². The summed E-state index contributed by atoms with van der Waals surface area (Å²) in [6.07, 6.45) is 1.81. The van der Waals surface area contributed by atoms with Gasteiger partial charge in [0.05, 0.1) is 23.6 Å². The number of azo groups is 1. The van der Waals surface area contributed by atoms with Crippen molar-refractivity contribution in [3.8, 4) is 0 Å². The molecule has 2 aromatic heterocycles. The Labute approximate surface area is 144 Å². The second-order valence-electron chi connectivity index (χ2n) is 5.95. The maximum Gasteiger partial charge on any atom is 0.335 e. The Kier molecular flexibility index (Phi) is 4.58. The fraction of sp³-hybridized carbons (Fsp3) is 0.222. The van der Waals surface area contributed by atoms with Gasteiger partial charge in [0, 0.05) is 6.20 Å². The van der Waals surface area contributed by atoms with E-state index in [-0.39, 0.29) is 18.1 Å². The highest BCUT2D eigenvalue weighted by Crippen LogP contribution is 2.29. The maximum absolute atomic E-state index is 10.9. The summed E-state index contributed by atoms with van der Waals surface area (Å²) >= 11 is 0. The molecular weight excluding hydrogens is 320 g/mol. The molecule has 3 rings (SSSR count). The number of hydrogen-bond donors (Lipinski definition) is 2. The number of rotatable bonds is 5. The molecule has 0 amide bonds. The third kappa shape index (κ3) is 3.41. The van der Waals surface area contributed by atoms with Crippen molar-refractivity contribution in [3.05, 3.63) is 59.4 Å². The van der Waals surface area contributed by atoms with Crippen LogP contribution in [-0.4, -0.2) is 25.6 Å². The Balaban J connectivity index is 2.01. The lowest BCUT2D eigenvalue weighted by molar-refractivity contribution is 0.0697. The highest BCUT2D eigenvalue weighted by molar-refractivity contribution is 5.87. The van der Waals surface area contributed by atoms with Crippen molar-refractivity contribution in [3.63, 3.8) is 0 Å². The summed E-state index contributed by atoms with van der Waals surface area (Å²) in [5.41, 5.74) is 3.04. The van der Waals surface area contributed by atoms with E-state index >= 15 is 0 Å². The normalized spacial score (nSPS) is 11.7. The van der Waals surface area contributed by atoms with Gasteiger partial charge in [-0.3, -0.25) is 4.40 Å². The standard InChI is InChI=1S/C18H18N4O3/c1-11(2)16-17(22-8-7-12(10-23)9-15(22)19-16)21-20-14-5-3-13(4-6-14)18(24)25/h3-9,11,23H,10H2,1-2H3,(H,24,25). The number of fused-ring (bicyclic) bond motifs is 1. The molecule has 0 spiro atoms. The van der Waals surface area contributed by atoms with E-state index in [9.17, 15) is 9.90 Å². The van der Waals surface area contributed by atoms with Gasteiger partial charge in [0.15, 0.2) is 5.82 Å². The number of aliphatic hydroxyl groups is 1. The molecule has 7 nitrogen and oxygen atoms in total. The van der Waals surface area contributed by atoms with Crippen molar-refractivity contribution in [2.24, 2.45) is 10.2 Å². The van der Waals surface area contributed by atoms with Crippen LogP contribution in [0.25, 0.3) is 5.65 Å². The van der Waals surface area contributed by atoms with E-state index < -0.39 is 5.97 Å². The van der Waals surface area contributed by atoms with Crippen LogP contribution >= 0.6 is 0 Å². The van der Waals surface area contributed by atoms with Crippen LogP contribution in [0, 0.1) is 0 Å². The number of hydrogen-bond acceptors (Lipinski definition) is 5. The molecule has 2 heterocycles. The molecule has 0 saturated carbocycles. The predicted octanol–water partition coefficient (Wildman–Crippen LogP) is 4.06. The number of carboxylic acids is 1. The zero-order valence-corrected chi connectivity index (χ0v) is 13.9. The third-order valence-corrected chi connectivity index (χ3v) is 3.80. The van der Waals surface area contributed by atoms with Gasteiger partial charge in [-0.25, -0.2) is 9.78 Å². The summed E-state index contributed by atoms with van der Waals surface area (Å²) in [4.78, 5) is 15.5. The molecule has 7 heteroatoms. The molecule has 0 aliphatic carbocycles. The zero-order valence-electron chi connectivity index (χ0n) is 13.9. The lowest BCUT2D eigenvalue weighted by atomic mass is 10.1. The Morgan fingerprint density at radius 3 is 2.52 bits per heavy atom. The Morgan fingerprint density at radius 2 is 1.92 bits per heavy atom. The molecule has 0 fully saturated rings. The van der Waals surface area contributed by atoms with Crippen molar-refractivity contribution in [1.82, 2.24) is 9.38 Å². The average Bonchev–Trinajstić information content (AvgIpc) is 2.98. The minimum absolute atomic E-state index is 0.0485. The molecule has 0 aliphatic rings. The SMILES string of the molecule is CC(C)c1nc2cc(CO)ccn2c1N=Nc1ccc(C(=O)O)cc1. The Morgan fingerprint density at radius 1 is 1.20 bits per heavy atom. The van der Waals surface area contributed by atoms with Gasteiger partial charge in [-0.1, -0.05) is 13.8 Å². The van der Waals surface area contributed by atoms with Gasteiger partial charge < -0.3 is 10.2 Å². The van der Waals surface area contributed by atoms with E-state index in [1.807, 2.05) is 30.5 Å². The smallest absolute Gasteiger partial charge is 0.335 e. The van der Waals surface area contributed by atoms with Crippen molar-refractivity contribution in [2.75, 3.05) is 0 Å². The van der Waals surface area contributed by atoms with Gasteiger partial charge in [-0.05, 0) is 47.9 Å². The first-order valence-electron chi connectivity index (χ1n) is 7.86. The van der Waals surface area contributed by atoms with Crippen molar-refractivity contribution in [2.45, 2.75) is 26.4 Å². The Bertz CT molecular complexity index is 943. The fourth-order valence-electron chi connectivity index (χ4n) is 2.45. The highest BCUT2D eigenvalue weighted by Gasteiger charge is 2.15. The summed E-state index contributed by atoms with van der Waals surface area (Å²) in [5, 5.41) is 26.7. The molecule has 0 saturated heterocycles. The number of aromatic nitrogens is 2. The fourth-order valence-corrected chi connectivity index (χ4v) is 2.45. The molecule has 0 atom stereocenters. The van der Waals surface area contributed by atoms with Crippen LogP contribution in [0.2, 0.25) is 0 Å². The van der Waals surface area contributed by atoms with Crippen LogP contribution in [-0.2, 0) is 6.61 Å². The Hall–Kier alpha value is -3.06. The summed E-state index contributed by atoms with van der Waals surface area (Å²) in [6.45, 7) is 4.00. The van der Waals surface area contributed by atoms with Gasteiger partial charge in [-0.15, -0.1) is 10.2 Å². The first kappa shape index (κ1) is 16.8. The van der Waals surface area contributed by atoms with Crippen molar-refractivity contribution < 1.29 is 15.0 Å². The van der Waals surface area contributed by atoms with Crippen LogP contribution in [0.5, 0.6) is 0 Å². The van der Waals surface area contributed by atoms with Crippen molar-refractivity contribution >= 4 is 23.1 Å². The first-order chi connectivity index (χ1) is 12.0. The van der Waals surface area contributed by atoms with E-state index in [4.69, 9.17) is 5.11 Å². The van der Waals surface area contributed by atoms with Crippen LogP contribution in [0.4, 0.5) is 11.5 Å². The van der Waals surface area contributed by atoms with Crippen LogP contribution in [0.3, 0.4) is 0 Å². The molecule has 128 valence electrons. The third-order valence-electron chi connectivity index (χ3n) is 3.80. The summed E-state index contributed by atoms with van der Waals surface area (Å²) in [6, 6.07) is 9.81. The van der Waals surface area contributed by atoms with Gasteiger partial charge in [-0.2, -0.15) is 0 Å². The van der Waals surface area contributed by atoms with Crippen LogP contribution in [0.1, 0.15) is 41.4 Å². The van der Waals surface area contributed by atoms with Crippen LogP contribution < -0.4 is 0 Å². The first-order valence-corrected chi connectivity index (χ1v) is 7.86. The maximum atomic E-state index is 10.9. The number of carbonyl (C=O) groups is 1. The van der Waals surface area contributed by atoms with Crippen LogP contribution in [0.15, 0.2) is 52.8 Å². The van der Waals surface area contributed by atoms with E-state index in [1.165, 1.54) is 12.1 Å². The molecule has 2 N–H and O–H groups in total. The monoisotopic (exact) mass is 338 g/mol. The van der Waals surface area contributed by atoms with E-state index in [2.05, 4.69) is 15.2 Å². The van der Waals surface area contributed by atoms with E-state index in [0.29, 0.717) is 17.2 Å². The minimum atomic E-state index is -0.980. The topological polar surface area (TPSA) is 99.5 Å². The quantitative estimate of drug-likeness (QED) is 0.685. The summed E-state index contributed by atoms with van der Waals surface area (Å²) in [5.74, 6) is -0.204. The number of carboxylic acid groups (broad SMARTS) is 1. The van der Waals surface area contributed by atoms with Crippen molar-refractivity contribution in [1.29, 1.82) is 0 Å². The second kappa shape index (κ2) is 6.82. The molecule has 0 aliphatic heterocycles. The zero-order chi connectivity index (χ0) is 18.0. The molecule has 0 unspecified atom stereocenters. The number of nitrogens with zero attached hydrogens (tertiary/aromatic N) is 4. The van der Waals surface area contributed by atoms with E-state index in [1.54, 1.807) is 18.2 Å². The second-order valence-corrected chi connectivity index (χ2v) is 5.95. The number of aliphatic hydroxyl groups excluding tert-OH is 1. The molecule has 1 aromatic carbocycles. The predicted molar refractivity (Wildman–Crippen MR) is 92.8 cm³/mol.